The van der Waals surface area contributed by atoms with Crippen LogP contribution in [0.1, 0.15) is 17.4 Å². The molecule has 156 valence electrons. The monoisotopic (exact) mass is 413 g/mol. The fourth-order valence-electron chi connectivity index (χ4n) is 2.64. The average molecular weight is 413 g/mol. The first-order valence-corrected chi connectivity index (χ1v) is 8.90. The second-order valence-electron chi connectivity index (χ2n) is 6.09. The van der Waals surface area contributed by atoms with Crippen LogP contribution in [0.15, 0.2) is 42.7 Å². The van der Waals surface area contributed by atoms with Crippen LogP contribution in [0.25, 0.3) is 0 Å². The summed E-state index contributed by atoms with van der Waals surface area (Å²) < 4.78 is 7.44. The Labute approximate surface area is 170 Å². The number of aryl methyl sites for hydroxylation is 1. The molecule has 0 aliphatic rings. The van der Waals surface area contributed by atoms with Gasteiger partial charge in [-0.3, -0.25) is 29.1 Å². The Morgan fingerprint density at radius 1 is 1.13 bits per heavy atom. The van der Waals surface area contributed by atoms with Crippen LogP contribution in [0.2, 0.25) is 0 Å². The number of benzene rings is 1. The zero-order valence-electron chi connectivity index (χ0n) is 16.2. The van der Waals surface area contributed by atoms with Crippen molar-refractivity contribution in [2.24, 2.45) is 0 Å². The first kappa shape index (κ1) is 20.5. The SMILES string of the molecule is CCn1cc(NC(=O)Cn2cc([N+](=O)[O-])c(OC)n2)c(C(=O)Nc2ccccc2)n1. The van der Waals surface area contributed by atoms with Gasteiger partial charge in [-0.15, -0.1) is 5.10 Å². The Morgan fingerprint density at radius 3 is 2.47 bits per heavy atom. The number of nitro groups is 1. The molecule has 2 N–H and O–H groups in total. The van der Waals surface area contributed by atoms with Crippen LogP contribution in [-0.4, -0.2) is 43.4 Å². The van der Waals surface area contributed by atoms with Crippen LogP contribution >= 0.6 is 0 Å². The van der Waals surface area contributed by atoms with E-state index in [1.165, 1.54) is 18.0 Å². The van der Waals surface area contributed by atoms with Gasteiger partial charge in [0.05, 0.1) is 17.7 Å². The summed E-state index contributed by atoms with van der Waals surface area (Å²) in [4.78, 5) is 35.4. The minimum atomic E-state index is -0.655. The Bertz CT molecular complexity index is 1070. The maximum absolute atomic E-state index is 12.6. The van der Waals surface area contributed by atoms with Gasteiger partial charge in [0, 0.05) is 18.4 Å². The molecule has 0 aliphatic heterocycles. The van der Waals surface area contributed by atoms with E-state index in [4.69, 9.17) is 4.74 Å². The van der Waals surface area contributed by atoms with Gasteiger partial charge in [0.2, 0.25) is 5.91 Å². The second-order valence-corrected chi connectivity index (χ2v) is 6.09. The summed E-state index contributed by atoms with van der Waals surface area (Å²) in [5, 5.41) is 24.4. The zero-order valence-corrected chi connectivity index (χ0v) is 16.2. The smallest absolute Gasteiger partial charge is 0.350 e. The summed E-state index contributed by atoms with van der Waals surface area (Å²) in [6, 6.07) is 8.83. The first-order valence-electron chi connectivity index (χ1n) is 8.90. The summed E-state index contributed by atoms with van der Waals surface area (Å²) in [6.45, 7) is 2.01. The van der Waals surface area contributed by atoms with E-state index in [-0.39, 0.29) is 29.5 Å². The van der Waals surface area contributed by atoms with Gasteiger partial charge in [-0.05, 0) is 19.1 Å². The number of aromatic nitrogens is 4. The number of hydrogen-bond acceptors (Lipinski definition) is 7. The number of hydrogen-bond donors (Lipinski definition) is 2. The lowest BCUT2D eigenvalue weighted by molar-refractivity contribution is -0.385. The molecule has 12 nitrogen and oxygen atoms in total. The molecule has 0 saturated heterocycles. The van der Waals surface area contributed by atoms with Gasteiger partial charge in [0.1, 0.15) is 12.7 Å². The predicted molar refractivity (Wildman–Crippen MR) is 106 cm³/mol. The molecular formula is C18H19N7O5. The number of carbonyl (C=O) groups excluding carboxylic acids is 2. The maximum Gasteiger partial charge on any atom is 0.350 e. The van der Waals surface area contributed by atoms with E-state index >= 15 is 0 Å². The number of nitrogens with one attached hydrogen (secondary N) is 2. The van der Waals surface area contributed by atoms with Crippen LogP contribution in [-0.2, 0) is 17.9 Å². The number of carbonyl (C=O) groups is 2. The van der Waals surface area contributed by atoms with Gasteiger partial charge in [-0.25, -0.2) is 0 Å². The van der Waals surface area contributed by atoms with Gasteiger partial charge in [0.25, 0.3) is 5.91 Å². The number of anilines is 2. The molecule has 2 aromatic heterocycles. The highest BCUT2D eigenvalue weighted by molar-refractivity contribution is 6.08. The molecule has 0 aliphatic carbocycles. The quantitative estimate of drug-likeness (QED) is 0.423. The topological polar surface area (TPSA) is 146 Å². The molecule has 2 amide bonds. The van der Waals surface area contributed by atoms with Gasteiger partial charge in [-0.1, -0.05) is 18.2 Å². The summed E-state index contributed by atoms with van der Waals surface area (Å²) in [7, 11) is 1.25. The van der Waals surface area contributed by atoms with Crippen LogP contribution in [0.5, 0.6) is 5.88 Å². The number of methoxy groups -OCH3 is 1. The molecule has 0 radical (unpaired) electrons. The summed E-state index contributed by atoms with van der Waals surface area (Å²) >= 11 is 0. The van der Waals surface area contributed by atoms with Crippen LogP contribution in [0.3, 0.4) is 0 Å². The summed E-state index contributed by atoms with van der Waals surface area (Å²) in [6.07, 6.45) is 2.63. The van der Waals surface area contributed by atoms with Crippen molar-refractivity contribution in [3.8, 4) is 5.88 Å². The van der Waals surface area contributed by atoms with Crippen LogP contribution in [0.4, 0.5) is 17.1 Å². The minimum Gasteiger partial charge on any atom is -0.475 e. The summed E-state index contributed by atoms with van der Waals surface area (Å²) in [5.74, 6) is -1.23. The molecule has 30 heavy (non-hydrogen) atoms. The van der Waals surface area contributed by atoms with Crippen molar-refractivity contribution in [1.29, 1.82) is 0 Å². The highest BCUT2D eigenvalue weighted by atomic mass is 16.6. The van der Waals surface area contributed by atoms with Crippen LogP contribution < -0.4 is 15.4 Å². The van der Waals surface area contributed by atoms with Crippen LogP contribution in [0, 0.1) is 10.1 Å². The molecule has 3 rings (SSSR count). The number of amides is 2. The van der Waals surface area contributed by atoms with E-state index in [0.29, 0.717) is 12.2 Å². The number of ether oxygens (including phenoxy) is 1. The molecule has 0 spiro atoms. The summed E-state index contributed by atoms with van der Waals surface area (Å²) in [5.41, 5.74) is 0.482. The third kappa shape index (κ3) is 4.60. The van der Waals surface area contributed by atoms with Gasteiger partial charge >= 0.3 is 11.6 Å². The third-order valence-corrected chi connectivity index (χ3v) is 4.01. The second kappa shape index (κ2) is 8.86. The third-order valence-electron chi connectivity index (χ3n) is 4.01. The van der Waals surface area contributed by atoms with Gasteiger partial charge in [0.15, 0.2) is 5.69 Å². The lowest BCUT2D eigenvalue weighted by Gasteiger charge is -2.06. The van der Waals surface area contributed by atoms with E-state index in [0.717, 1.165) is 10.9 Å². The largest absolute Gasteiger partial charge is 0.475 e. The average Bonchev–Trinajstić information content (AvgIpc) is 3.32. The van der Waals surface area contributed by atoms with E-state index in [1.807, 2.05) is 13.0 Å². The molecule has 0 unspecified atom stereocenters. The van der Waals surface area contributed by atoms with E-state index in [9.17, 15) is 19.7 Å². The maximum atomic E-state index is 12.6. The normalized spacial score (nSPS) is 10.5. The number of para-hydroxylation sites is 1. The van der Waals surface area contributed by atoms with E-state index < -0.39 is 16.7 Å². The number of nitrogens with zero attached hydrogens (tertiary/aromatic N) is 5. The molecule has 0 atom stereocenters. The lowest BCUT2D eigenvalue weighted by atomic mass is 10.3. The van der Waals surface area contributed by atoms with Gasteiger partial charge < -0.3 is 15.4 Å². The Kier molecular flexibility index (Phi) is 6.05. The molecule has 0 bridgehead atoms. The molecular weight excluding hydrogens is 394 g/mol. The van der Waals surface area contributed by atoms with Crippen molar-refractivity contribution in [2.45, 2.75) is 20.0 Å². The molecule has 3 aromatic rings. The van der Waals surface area contributed by atoms with Crippen molar-refractivity contribution in [1.82, 2.24) is 19.6 Å². The molecule has 0 fully saturated rings. The predicted octanol–water partition coefficient (Wildman–Crippen LogP) is 1.91. The lowest BCUT2D eigenvalue weighted by Crippen LogP contribution is -2.21. The van der Waals surface area contributed by atoms with Gasteiger partial charge in [-0.2, -0.15) is 5.10 Å². The number of rotatable bonds is 8. The Morgan fingerprint density at radius 2 is 1.87 bits per heavy atom. The molecule has 1 aromatic carbocycles. The molecule has 2 heterocycles. The van der Waals surface area contributed by atoms with E-state index in [2.05, 4.69) is 20.8 Å². The zero-order chi connectivity index (χ0) is 21.7. The highest BCUT2D eigenvalue weighted by Crippen LogP contribution is 2.24. The van der Waals surface area contributed by atoms with Crippen molar-refractivity contribution in [3.63, 3.8) is 0 Å². The van der Waals surface area contributed by atoms with Crippen molar-refractivity contribution in [3.05, 3.63) is 58.5 Å². The Hall–Kier alpha value is -4.22. The van der Waals surface area contributed by atoms with Crippen molar-refractivity contribution >= 4 is 28.9 Å². The molecule has 0 saturated carbocycles. The standard InChI is InChI=1S/C18H19N7O5/c1-3-23-9-13(16(21-23)17(27)19-12-7-5-4-6-8-12)20-15(26)11-24-10-14(25(28)29)18(22-24)30-2/h4-10H,3,11H2,1-2H3,(H,19,27)(H,20,26). The fraction of sp³-hybridized carbons (Fsp3) is 0.222. The van der Waals surface area contributed by atoms with Crippen molar-refractivity contribution in [2.75, 3.05) is 17.7 Å². The molecule has 12 heteroatoms. The Balaban J connectivity index is 1.76. The van der Waals surface area contributed by atoms with E-state index in [1.54, 1.807) is 24.3 Å². The fourth-order valence-corrected chi connectivity index (χ4v) is 2.64. The minimum absolute atomic E-state index is 0.0399. The highest BCUT2D eigenvalue weighted by Gasteiger charge is 2.23. The van der Waals surface area contributed by atoms with Crippen molar-refractivity contribution < 1.29 is 19.2 Å². The first-order chi connectivity index (χ1) is 14.4.